The Bertz CT molecular complexity index is 1340. The van der Waals surface area contributed by atoms with Gasteiger partial charge < -0.3 is 10.2 Å². The summed E-state index contributed by atoms with van der Waals surface area (Å²) in [6, 6.07) is 20.7. The SMILES string of the molecule is Cc1ccc(N2CC(C(=O)Nc3ccc(S(=O)(=O)N(C)Cc4ccccc4)cc3)CC2=O)cc1Cl. The van der Waals surface area contributed by atoms with Gasteiger partial charge in [-0.15, -0.1) is 0 Å². The third-order valence-corrected chi connectivity index (χ3v) is 8.27. The molecule has 0 spiro atoms. The predicted molar refractivity (Wildman–Crippen MR) is 137 cm³/mol. The highest BCUT2D eigenvalue weighted by Gasteiger charge is 2.35. The van der Waals surface area contributed by atoms with Crippen LogP contribution in [0, 0.1) is 12.8 Å². The lowest BCUT2D eigenvalue weighted by Gasteiger charge is -2.18. The molecule has 1 fully saturated rings. The lowest BCUT2D eigenvalue weighted by molar-refractivity contribution is -0.122. The van der Waals surface area contributed by atoms with Crippen molar-refractivity contribution in [2.75, 3.05) is 23.8 Å². The summed E-state index contributed by atoms with van der Waals surface area (Å²) in [4.78, 5) is 27.0. The number of carbonyl (C=O) groups excluding carboxylic acids is 2. The number of aryl methyl sites for hydroxylation is 1. The Balaban J connectivity index is 1.39. The van der Waals surface area contributed by atoms with Crippen molar-refractivity contribution in [1.82, 2.24) is 4.31 Å². The first-order valence-corrected chi connectivity index (χ1v) is 12.9. The fraction of sp³-hybridized carbons (Fsp3) is 0.231. The number of rotatable bonds is 7. The molecule has 9 heteroatoms. The molecule has 1 atom stereocenters. The summed E-state index contributed by atoms with van der Waals surface area (Å²) in [7, 11) is -2.16. The maximum atomic E-state index is 12.9. The number of amides is 2. The van der Waals surface area contributed by atoms with Crippen molar-refractivity contribution in [1.29, 1.82) is 0 Å². The Kier molecular flexibility index (Phi) is 7.25. The number of anilines is 2. The highest BCUT2D eigenvalue weighted by molar-refractivity contribution is 7.89. The van der Waals surface area contributed by atoms with Crippen LogP contribution in [0.4, 0.5) is 11.4 Å². The zero-order valence-electron chi connectivity index (χ0n) is 19.4. The number of nitrogens with one attached hydrogen (secondary N) is 1. The predicted octanol–water partition coefficient (Wildman–Crippen LogP) is 4.46. The smallest absolute Gasteiger partial charge is 0.243 e. The Labute approximate surface area is 210 Å². The first kappa shape index (κ1) is 24.9. The average molecular weight is 512 g/mol. The summed E-state index contributed by atoms with van der Waals surface area (Å²) < 4.78 is 27.1. The van der Waals surface area contributed by atoms with E-state index in [1.54, 1.807) is 23.1 Å². The largest absolute Gasteiger partial charge is 0.326 e. The molecule has 0 aliphatic carbocycles. The quantitative estimate of drug-likeness (QED) is 0.507. The molecule has 3 aromatic rings. The molecule has 0 bridgehead atoms. The van der Waals surface area contributed by atoms with Gasteiger partial charge in [-0.05, 0) is 54.4 Å². The van der Waals surface area contributed by atoms with Gasteiger partial charge in [0, 0.05) is 43.0 Å². The number of carbonyl (C=O) groups is 2. The van der Waals surface area contributed by atoms with Gasteiger partial charge in [-0.25, -0.2) is 8.42 Å². The van der Waals surface area contributed by atoms with Crippen LogP contribution < -0.4 is 10.2 Å². The molecule has 1 aliphatic heterocycles. The van der Waals surface area contributed by atoms with E-state index in [2.05, 4.69) is 5.32 Å². The third-order valence-electron chi connectivity index (χ3n) is 6.04. The molecule has 1 saturated heterocycles. The van der Waals surface area contributed by atoms with Gasteiger partial charge in [-0.1, -0.05) is 48.0 Å². The van der Waals surface area contributed by atoms with E-state index < -0.39 is 15.9 Å². The van der Waals surface area contributed by atoms with Crippen LogP contribution in [0.5, 0.6) is 0 Å². The highest BCUT2D eigenvalue weighted by atomic mass is 35.5. The van der Waals surface area contributed by atoms with Gasteiger partial charge in [0.2, 0.25) is 21.8 Å². The van der Waals surface area contributed by atoms with Crippen LogP contribution in [0.1, 0.15) is 17.5 Å². The van der Waals surface area contributed by atoms with Crippen LogP contribution in [0.3, 0.4) is 0 Å². The second kappa shape index (κ2) is 10.2. The van der Waals surface area contributed by atoms with E-state index in [1.807, 2.05) is 49.4 Å². The van der Waals surface area contributed by atoms with Crippen LogP contribution in [0.25, 0.3) is 0 Å². The minimum Gasteiger partial charge on any atom is -0.326 e. The van der Waals surface area contributed by atoms with Crippen molar-refractivity contribution in [3.8, 4) is 0 Å². The molecular formula is C26H26ClN3O4S. The lowest BCUT2D eigenvalue weighted by Crippen LogP contribution is -2.28. The van der Waals surface area contributed by atoms with E-state index in [1.165, 1.54) is 23.5 Å². The number of nitrogens with zero attached hydrogens (tertiary/aromatic N) is 2. The Morgan fingerprint density at radius 3 is 2.43 bits per heavy atom. The van der Waals surface area contributed by atoms with Crippen molar-refractivity contribution in [3.63, 3.8) is 0 Å². The van der Waals surface area contributed by atoms with E-state index in [-0.39, 0.29) is 36.2 Å². The molecule has 0 saturated carbocycles. The number of hydrogen-bond donors (Lipinski definition) is 1. The molecule has 2 amide bonds. The second-order valence-electron chi connectivity index (χ2n) is 8.60. The standard InChI is InChI=1S/C26H26ClN3O4S/c1-18-8-11-22(15-24(18)27)30-17-20(14-25(30)31)26(32)28-21-9-12-23(13-10-21)35(33,34)29(2)16-19-6-4-3-5-7-19/h3-13,15,20H,14,16-17H2,1-2H3,(H,28,32). The zero-order chi connectivity index (χ0) is 25.2. The molecule has 0 radical (unpaired) electrons. The number of sulfonamides is 1. The number of halogens is 1. The molecule has 7 nitrogen and oxygen atoms in total. The monoisotopic (exact) mass is 511 g/mol. The van der Waals surface area contributed by atoms with Crippen molar-refractivity contribution in [2.24, 2.45) is 5.92 Å². The van der Waals surface area contributed by atoms with Gasteiger partial charge in [0.25, 0.3) is 0 Å². The average Bonchev–Trinajstić information content (AvgIpc) is 3.23. The fourth-order valence-electron chi connectivity index (χ4n) is 3.94. The van der Waals surface area contributed by atoms with Crippen molar-refractivity contribution < 1.29 is 18.0 Å². The molecule has 3 aromatic carbocycles. The molecule has 35 heavy (non-hydrogen) atoms. The summed E-state index contributed by atoms with van der Waals surface area (Å²) in [5.41, 5.74) is 2.92. The minimum absolute atomic E-state index is 0.0913. The van der Waals surface area contributed by atoms with E-state index >= 15 is 0 Å². The van der Waals surface area contributed by atoms with Gasteiger partial charge in [0.15, 0.2) is 0 Å². The van der Waals surface area contributed by atoms with E-state index in [9.17, 15) is 18.0 Å². The van der Waals surface area contributed by atoms with E-state index in [0.717, 1.165) is 11.1 Å². The summed E-state index contributed by atoms with van der Waals surface area (Å²) in [5.74, 6) is -0.966. The maximum absolute atomic E-state index is 12.9. The summed E-state index contributed by atoms with van der Waals surface area (Å²) in [5, 5.41) is 3.35. The summed E-state index contributed by atoms with van der Waals surface area (Å²) in [6.07, 6.45) is 0.0913. The second-order valence-corrected chi connectivity index (χ2v) is 11.1. The van der Waals surface area contributed by atoms with Gasteiger partial charge in [0.05, 0.1) is 10.8 Å². The maximum Gasteiger partial charge on any atom is 0.243 e. The Hall–Kier alpha value is -3.20. The highest BCUT2D eigenvalue weighted by Crippen LogP contribution is 2.29. The van der Waals surface area contributed by atoms with Crippen molar-refractivity contribution >= 4 is 44.8 Å². The fourth-order valence-corrected chi connectivity index (χ4v) is 5.28. The lowest BCUT2D eigenvalue weighted by atomic mass is 10.1. The van der Waals surface area contributed by atoms with Crippen LogP contribution in [-0.4, -0.2) is 38.1 Å². The first-order valence-electron chi connectivity index (χ1n) is 11.1. The van der Waals surface area contributed by atoms with Crippen LogP contribution >= 0.6 is 11.6 Å². The van der Waals surface area contributed by atoms with Gasteiger partial charge in [-0.2, -0.15) is 4.31 Å². The summed E-state index contributed by atoms with van der Waals surface area (Å²) in [6.45, 7) is 2.38. The van der Waals surface area contributed by atoms with Crippen molar-refractivity contribution in [3.05, 3.63) is 88.9 Å². The van der Waals surface area contributed by atoms with Crippen LogP contribution in [0.2, 0.25) is 5.02 Å². The van der Waals surface area contributed by atoms with Gasteiger partial charge >= 0.3 is 0 Å². The van der Waals surface area contributed by atoms with Gasteiger partial charge in [0.1, 0.15) is 0 Å². The minimum atomic E-state index is -3.69. The molecule has 1 N–H and O–H groups in total. The van der Waals surface area contributed by atoms with Crippen molar-refractivity contribution in [2.45, 2.75) is 24.8 Å². The molecular weight excluding hydrogens is 486 g/mol. The zero-order valence-corrected chi connectivity index (χ0v) is 21.0. The third kappa shape index (κ3) is 5.56. The van der Waals surface area contributed by atoms with E-state index in [0.29, 0.717) is 16.4 Å². The molecule has 0 aromatic heterocycles. The Morgan fingerprint density at radius 2 is 1.77 bits per heavy atom. The molecule has 182 valence electrons. The molecule has 4 rings (SSSR count). The first-order chi connectivity index (χ1) is 16.6. The Morgan fingerprint density at radius 1 is 1.09 bits per heavy atom. The van der Waals surface area contributed by atoms with Gasteiger partial charge in [-0.3, -0.25) is 9.59 Å². The van der Waals surface area contributed by atoms with E-state index in [4.69, 9.17) is 11.6 Å². The van der Waals surface area contributed by atoms with Crippen LogP contribution in [0.15, 0.2) is 77.7 Å². The summed E-state index contributed by atoms with van der Waals surface area (Å²) >= 11 is 6.19. The van der Waals surface area contributed by atoms with Crippen LogP contribution in [-0.2, 0) is 26.2 Å². The molecule has 1 aliphatic rings. The number of benzene rings is 3. The molecule has 1 heterocycles. The topological polar surface area (TPSA) is 86.8 Å². The molecule has 1 unspecified atom stereocenters. The normalized spacial score (nSPS) is 16.1. The number of hydrogen-bond acceptors (Lipinski definition) is 4.